The molecule has 1 aliphatic carbocycles. The molecule has 0 saturated carbocycles. The van der Waals surface area contributed by atoms with Crippen molar-refractivity contribution in [3.8, 4) is 0 Å². The van der Waals surface area contributed by atoms with Gasteiger partial charge in [0.25, 0.3) is 0 Å². The van der Waals surface area contributed by atoms with Gasteiger partial charge in [-0.15, -0.1) is 0 Å². The molecule has 0 aromatic carbocycles. The molecule has 0 amide bonds. The number of rotatable bonds is 4. The Balaban J connectivity index is 2.45. The fourth-order valence-corrected chi connectivity index (χ4v) is 3.19. The van der Waals surface area contributed by atoms with Gasteiger partial charge in [-0.2, -0.15) is 0 Å². The molecule has 0 N–H and O–H groups in total. The first-order valence-electron chi connectivity index (χ1n) is 7.92. The Morgan fingerprint density at radius 1 is 1.33 bits per heavy atom. The van der Waals surface area contributed by atoms with Gasteiger partial charge >= 0.3 is 0 Å². The van der Waals surface area contributed by atoms with Crippen LogP contribution >= 0.6 is 0 Å². The molecule has 2 unspecified atom stereocenters. The first-order valence-corrected chi connectivity index (χ1v) is 7.92. The highest BCUT2D eigenvalue weighted by Crippen LogP contribution is 2.47. The first-order chi connectivity index (χ1) is 9.99. The molecule has 2 rings (SSSR count). The van der Waals surface area contributed by atoms with Crippen molar-refractivity contribution in [2.24, 2.45) is 17.3 Å². The van der Waals surface area contributed by atoms with Crippen molar-refractivity contribution in [3.05, 3.63) is 60.0 Å². The van der Waals surface area contributed by atoms with Crippen LogP contribution in [-0.2, 0) is 0 Å². The molecule has 0 aliphatic heterocycles. The highest BCUT2D eigenvalue weighted by atomic mass is 14.7. The summed E-state index contributed by atoms with van der Waals surface area (Å²) < 4.78 is 0. The molecule has 0 fully saturated rings. The zero-order valence-corrected chi connectivity index (χ0v) is 13.9. The van der Waals surface area contributed by atoms with Crippen molar-refractivity contribution in [1.82, 2.24) is 4.98 Å². The molecule has 1 aromatic heterocycles. The van der Waals surface area contributed by atoms with E-state index >= 15 is 0 Å². The van der Waals surface area contributed by atoms with Crippen molar-refractivity contribution < 1.29 is 0 Å². The summed E-state index contributed by atoms with van der Waals surface area (Å²) >= 11 is 0. The molecule has 0 saturated heterocycles. The minimum Gasteiger partial charge on any atom is -0.256 e. The van der Waals surface area contributed by atoms with Gasteiger partial charge in [0.05, 0.1) is 5.69 Å². The highest BCUT2D eigenvalue weighted by molar-refractivity contribution is 5.68. The van der Waals surface area contributed by atoms with Crippen molar-refractivity contribution in [2.75, 3.05) is 0 Å². The Kier molecular flexibility index (Phi) is 4.82. The van der Waals surface area contributed by atoms with Crippen LogP contribution in [0.1, 0.15) is 45.4 Å². The van der Waals surface area contributed by atoms with Crippen molar-refractivity contribution in [1.29, 1.82) is 0 Å². The number of hydrogen-bond acceptors (Lipinski definition) is 1. The Morgan fingerprint density at radius 3 is 2.67 bits per heavy atom. The molecular formula is C20H27N. The lowest BCUT2D eigenvalue weighted by Crippen LogP contribution is -2.32. The molecule has 0 spiro atoms. The summed E-state index contributed by atoms with van der Waals surface area (Å²) in [6.45, 7) is 11.2. The summed E-state index contributed by atoms with van der Waals surface area (Å²) in [6.07, 6.45) is 14.3. The second kappa shape index (κ2) is 6.43. The lowest BCUT2D eigenvalue weighted by atomic mass is 9.63. The van der Waals surface area contributed by atoms with Gasteiger partial charge in [0.15, 0.2) is 0 Å². The first kappa shape index (κ1) is 15.8. The summed E-state index contributed by atoms with van der Waals surface area (Å²) in [6, 6.07) is 4.31. The number of aryl methyl sites for hydroxylation is 1. The number of hydrogen-bond donors (Lipinski definition) is 0. The average Bonchev–Trinajstić information content (AvgIpc) is 2.48. The Hall–Kier alpha value is -1.63. The number of aromatic nitrogens is 1. The van der Waals surface area contributed by atoms with Crippen LogP contribution in [0.15, 0.2) is 48.7 Å². The van der Waals surface area contributed by atoms with Crippen LogP contribution in [0.3, 0.4) is 0 Å². The summed E-state index contributed by atoms with van der Waals surface area (Å²) in [4.78, 5) is 4.66. The largest absolute Gasteiger partial charge is 0.256 e. The lowest BCUT2D eigenvalue weighted by Gasteiger charge is -2.41. The molecule has 21 heavy (non-hydrogen) atoms. The SMILES string of the molecule is CC=CC(C)(C(C)C)C1CC=CC=C1c1ccc(C)cn1. The van der Waals surface area contributed by atoms with E-state index in [1.165, 1.54) is 11.1 Å². The van der Waals surface area contributed by atoms with Gasteiger partial charge in [-0.05, 0) is 54.7 Å². The zero-order chi connectivity index (χ0) is 15.5. The predicted octanol–water partition coefficient (Wildman–Crippen LogP) is 5.59. The Labute approximate surface area is 129 Å². The third-order valence-electron chi connectivity index (χ3n) is 4.89. The molecule has 1 heteroatoms. The Bertz CT molecular complexity index is 560. The van der Waals surface area contributed by atoms with Crippen molar-refractivity contribution in [3.63, 3.8) is 0 Å². The highest BCUT2D eigenvalue weighted by Gasteiger charge is 2.37. The standard InChI is InChI=1S/C20H27N/c1-6-13-20(5,15(2)3)18-10-8-7-9-17(18)19-12-11-16(4)14-21-19/h6-9,11-15,18H,10H2,1-5H3. The Morgan fingerprint density at radius 2 is 2.10 bits per heavy atom. The predicted molar refractivity (Wildman–Crippen MR) is 92.0 cm³/mol. The van der Waals surface area contributed by atoms with Crippen LogP contribution in [0.5, 0.6) is 0 Å². The average molecular weight is 281 g/mol. The number of nitrogens with zero attached hydrogens (tertiary/aromatic N) is 1. The maximum absolute atomic E-state index is 4.66. The fourth-order valence-electron chi connectivity index (χ4n) is 3.19. The third-order valence-corrected chi connectivity index (χ3v) is 4.89. The van der Waals surface area contributed by atoms with E-state index < -0.39 is 0 Å². The van der Waals surface area contributed by atoms with E-state index in [1.54, 1.807) is 0 Å². The summed E-state index contributed by atoms with van der Waals surface area (Å²) in [5.74, 6) is 1.06. The van der Waals surface area contributed by atoms with Crippen LogP contribution in [0.25, 0.3) is 5.57 Å². The van der Waals surface area contributed by atoms with E-state index in [2.05, 4.69) is 82.1 Å². The quantitative estimate of drug-likeness (QED) is 0.656. The molecule has 1 aliphatic rings. The molecule has 0 radical (unpaired) electrons. The van der Waals surface area contributed by atoms with E-state index in [1.807, 2.05) is 6.20 Å². The van der Waals surface area contributed by atoms with Gasteiger partial charge in [0.2, 0.25) is 0 Å². The normalized spacial score (nSPS) is 21.6. The third kappa shape index (κ3) is 3.18. The zero-order valence-electron chi connectivity index (χ0n) is 13.9. The van der Waals surface area contributed by atoms with Gasteiger partial charge in [0, 0.05) is 6.20 Å². The number of pyridine rings is 1. The molecule has 2 atom stereocenters. The second-order valence-corrected chi connectivity index (χ2v) is 6.58. The molecular weight excluding hydrogens is 254 g/mol. The fraction of sp³-hybridized carbons (Fsp3) is 0.450. The van der Waals surface area contributed by atoms with E-state index in [-0.39, 0.29) is 5.41 Å². The van der Waals surface area contributed by atoms with Crippen molar-refractivity contribution in [2.45, 2.75) is 41.0 Å². The smallest absolute Gasteiger partial charge is 0.0665 e. The molecule has 0 bridgehead atoms. The molecule has 1 aromatic rings. The summed E-state index contributed by atoms with van der Waals surface area (Å²) in [7, 11) is 0. The van der Waals surface area contributed by atoms with Crippen LogP contribution in [0.4, 0.5) is 0 Å². The van der Waals surface area contributed by atoms with Crippen molar-refractivity contribution >= 4 is 5.57 Å². The minimum absolute atomic E-state index is 0.151. The topological polar surface area (TPSA) is 12.9 Å². The van der Waals surface area contributed by atoms with Gasteiger partial charge < -0.3 is 0 Å². The lowest BCUT2D eigenvalue weighted by molar-refractivity contribution is 0.221. The molecule has 1 nitrogen and oxygen atoms in total. The van der Waals surface area contributed by atoms with E-state index in [0.29, 0.717) is 11.8 Å². The van der Waals surface area contributed by atoms with Crippen LogP contribution in [0, 0.1) is 24.2 Å². The van der Waals surface area contributed by atoms with E-state index in [9.17, 15) is 0 Å². The van der Waals surface area contributed by atoms with Crippen LogP contribution < -0.4 is 0 Å². The van der Waals surface area contributed by atoms with Gasteiger partial charge in [-0.25, -0.2) is 0 Å². The summed E-state index contributed by atoms with van der Waals surface area (Å²) in [5, 5.41) is 0. The molecule has 112 valence electrons. The maximum Gasteiger partial charge on any atom is 0.0665 e. The van der Waals surface area contributed by atoms with Gasteiger partial charge in [0.1, 0.15) is 0 Å². The maximum atomic E-state index is 4.66. The summed E-state index contributed by atoms with van der Waals surface area (Å²) in [5.41, 5.74) is 3.85. The van der Waals surface area contributed by atoms with Crippen LogP contribution in [0.2, 0.25) is 0 Å². The monoisotopic (exact) mass is 281 g/mol. The van der Waals surface area contributed by atoms with Gasteiger partial charge in [-0.1, -0.05) is 57.2 Å². The second-order valence-electron chi connectivity index (χ2n) is 6.58. The van der Waals surface area contributed by atoms with E-state index in [0.717, 1.165) is 12.1 Å². The van der Waals surface area contributed by atoms with Gasteiger partial charge in [-0.3, -0.25) is 4.98 Å². The van der Waals surface area contributed by atoms with E-state index in [4.69, 9.17) is 0 Å². The molecule has 1 heterocycles. The number of allylic oxidation sites excluding steroid dienone is 6. The minimum atomic E-state index is 0.151. The van der Waals surface area contributed by atoms with Crippen LogP contribution in [-0.4, -0.2) is 4.98 Å².